The van der Waals surface area contributed by atoms with Crippen LogP contribution in [0.1, 0.15) is 19.3 Å². The van der Waals surface area contributed by atoms with Crippen LogP contribution in [0.5, 0.6) is 11.5 Å². The van der Waals surface area contributed by atoms with Gasteiger partial charge in [-0.05, 0) is 44.0 Å². The zero-order valence-electron chi connectivity index (χ0n) is 10.8. The summed E-state index contributed by atoms with van der Waals surface area (Å²) in [4.78, 5) is 12.0. The minimum Gasteiger partial charge on any atom is -0.454 e. The summed E-state index contributed by atoms with van der Waals surface area (Å²) in [6, 6.07) is 5.47. The van der Waals surface area contributed by atoms with Gasteiger partial charge in [-0.15, -0.1) is 0 Å². The van der Waals surface area contributed by atoms with Crippen molar-refractivity contribution in [2.24, 2.45) is 5.92 Å². The second kappa shape index (κ2) is 5.48. The zero-order chi connectivity index (χ0) is 13.1. The molecule has 2 heterocycles. The maximum absolute atomic E-state index is 12.0. The second-order valence-corrected chi connectivity index (χ2v) is 5.01. The fourth-order valence-corrected chi connectivity index (χ4v) is 2.53. The highest BCUT2D eigenvalue weighted by atomic mass is 16.7. The lowest BCUT2D eigenvalue weighted by Gasteiger charge is -2.21. The van der Waals surface area contributed by atoms with Crippen molar-refractivity contribution in [1.29, 1.82) is 0 Å². The Balaban J connectivity index is 1.56. The van der Waals surface area contributed by atoms with Gasteiger partial charge in [0, 0.05) is 18.2 Å². The van der Waals surface area contributed by atoms with E-state index in [9.17, 15) is 4.79 Å². The predicted molar refractivity (Wildman–Crippen MR) is 71.4 cm³/mol. The first kappa shape index (κ1) is 12.3. The van der Waals surface area contributed by atoms with E-state index in [1.165, 1.54) is 0 Å². The molecule has 0 radical (unpaired) electrons. The van der Waals surface area contributed by atoms with Crippen LogP contribution < -0.4 is 20.1 Å². The number of carbonyl (C=O) groups excluding carboxylic acids is 1. The Bertz CT molecular complexity index is 470. The van der Waals surface area contributed by atoms with E-state index in [0.717, 1.165) is 37.4 Å². The third-order valence-corrected chi connectivity index (χ3v) is 3.59. The highest BCUT2D eigenvalue weighted by molar-refractivity contribution is 5.91. The first-order valence-electron chi connectivity index (χ1n) is 6.71. The molecule has 3 rings (SSSR count). The molecular formula is C14H18N2O3. The van der Waals surface area contributed by atoms with E-state index in [4.69, 9.17) is 9.47 Å². The SMILES string of the molecule is O=C(CC1CCNCC1)Nc1ccc2c(c1)OCO2. The number of ether oxygens (including phenoxy) is 2. The van der Waals surface area contributed by atoms with Gasteiger partial charge in [-0.1, -0.05) is 0 Å². The molecule has 0 aromatic heterocycles. The maximum Gasteiger partial charge on any atom is 0.231 e. The first-order chi connectivity index (χ1) is 9.31. The summed E-state index contributed by atoms with van der Waals surface area (Å²) in [5, 5.41) is 6.23. The van der Waals surface area contributed by atoms with Gasteiger partial charge in [0.1, 0.15) is 0 Å². The van der Waals surface area contributed by atoms with Crippen LogP contribution in [-0.2, 0) is 4.79 Å². The molecule has 1 fully saturated rings. The highest BCUT2D eigenvalue weighted by Crippen LogP contribution is 2.34. The summed E-state index contributed by atoms with van der Waals surface area (Å²) in [5.41, 5.74) is 0.767. The van der Waals surface area contributed by atoms with E-state index in [0.29, 0.717) is 18.1 Å². The Morgan fingerprint density at radius 3 is 2.89 bits per heavy atom. The van der Waals surface area contributed by atoms with Crippen LogP contribution >= 0.6 is 0 Å². The minimum absolute atomic E-state index is 0.0748. The van der Waals surface area contributed by atoms with Crippen molar-refractivity contribution in [3.63, 3.8) is 0 Å². The van der Waals surface area contributed by atoms with E-state index in [1.807, 2.05) is 18.2 Å². The van der Waals surface area contributed by atoms with Crippen molar-refractivity contribution in [3.05, 3.63) is 18.2 Å². The Hall–Kier alpha value is -1.75. The zero-order valence-corrected chi connectivity index (χ0v) is 10.8. The lowest BCUT2D eigenvalue weighted by Crippen LogP contribution is -2.30. The van der Waals surface area contributed by atoms with E-state index in [2.05, 4.69) is 10.6 Å². The van der Waals surface area contributed by atoms with Gasteiger partial charge in [-0.3, -0.25) is 4.79 Å². The number of hydrogen-bond donors (Lipinski definition) is 2. The number of hydrogen-bond acceptors (Lipinski definition) is 4. The molecule has 0 bridgehead atoms. The topological polar surface area (TPSA) is 59.6 Å². The summed E-state index contributed by atoms with van der Waals surface area (Å²) < 4.78 is 10.5. The van der Waals surface area contributed by atoms with Crippen LogP contribution in [0.15, 0.2) is 18.2 Å². The minimum atomic E-state index is 0.0748. The lowest BCUT2D eigenvalue weighted by molar-refractivity contribution is -0.117. The Morgan fingerprint density at radius 2 is 2.05 bits per heavy atom. The van der Waals surface area contributed by atoms with Gasteiger partial charge in [0.2, 0.25) is 12.7 Å². The van der Waals surface area contributed by atoms with E-state index in [1.54, 1.807) is 0 Å². The molecule has 1 aromatic carbocycles. The molecule has 0 unspecified atom stereocenters. The van der Waals surface area contributed by atoms with Gasteiger partial charge in [0.15, 0.2) is 11.5 Å². The van der Waals surface area contributed by atoms with Crippen LogP contribution in [0.2, 0.25) is 0 Å². The van der Waals surface area contributed by atoms with Crippen LogP contribution in [0.4, 0.5) is 5.69 Å². The number of carbonyl (C=O) groups is 1. The van der Waals surface area contributed by atoms with Gasteiger partial charge in [0.25, 0.3) is 0 Å². The van der Waals surface area contributed by atoms with E-state index < -0.39 is 0 Å². The van der Waals surface area contributed by atoms with Crippen LogP contribution in [0.25, 0.3) is 0 Å². The molecule has 2 aliphatic rings. The number of nitrogens with one attached hydrogen (secondary N) is 2. The molecule has 2 aliphatic heterocycles. The van der Waals surface area contributed by atoms with Crippen molar-refractivity contribution in [1.82, 2.24) is 5.32 Å². The monoisotopic (exact) mass is 262 g/mol. The number of benzene rings is 1. The molecule has 0 aliphatic carbocycles. The predicted octanol–water partition coefficient (Wildman–Crippen LogP) is 1.74. The van der Waals surface area contributed by atoms with Gasteiger partial charge >= 0.3 is 0 Å². The largest absolute Gasteiger partial charge is 0.454 e. The Kier molecular flexibility index (Phi) is 3.55. The Morgan fingerprint density at radius 1 is 1.26 bits per heavy atom. The summed E-state index contributed by atoms with van der Waals surface area (Å²) in [7, 11) is 0. The second-order valence-electron chi connectivity index (χ2n) is 5.01. The molecule has 19 heavy (non-hydrogen) atoms. The number of anilines is 1. The third-order valence-electron chi connectivity index (χ3n) is 3.59. The smallest absolute Gasteiger partial charge is 0.231 e. The third kappa shape index (κ3) is 2.98. The molecule has 0 saturated carbocycles. The molecule has 5 nitrogen and oxygen atoms in total. The van der Waals surface area contributed by atoms with E-state index in [-0.39, 0.29) is 12.7 Å². The fourth-order valence-electron chi connectivity index (χ4n) is 2.53. The van der Waals surface area contributed by atoms with Crippen molar-refractivity contribution in [2.75, 3.05) is 25.2 Å². The molecule has 1 amide bonds. The van der Waals surface area contributed by atoms with Crippen LogP contribution in [0.3, 0.4) is 0 Å². The maximum atomic E-state index is 12.0. The van der Waals surface area contributed by atoms with Gasteiger partial charge in [0.05, 0.1) is 0 Å². The quantitative estimate of drug-likeness (QED) is 0.871. The summed E-state index contributed by atoms with van der Waals surface area (Å²) in [6.45, 7) is 2.28. The number of piperidine rings is 1. The normalized spacial score (nSPS) is 18.3. The Labute approximate surface area is 112 Å². The molecule has 0 spiro atoms. The number of rotatable bonds is 3. The molecule has 5 heteroatoms. The van der Waals surface area contributed by atoms with Crippen LogP contribution in [0, 0.1) is 5.92 Å². The lowest BCUT2D eigenvalue weighted by atomic mass is 9.94. The summed E-state index contributed by atoms with van der Waals surface area (Å²) >= 11 is 0. The summed E-state index contributed by atoms with van der Waals surface area (Å²) in [6.07, 6.45) is 2.75. The van der Waals surface area contributed by atoms with Gasteiger partial charge in [-0.2, -0.15) is 0 Å². The number of fused-ring (bicyclic) bond motifs is 1. The van der Waals surface area contributed by atoms with Crippen molar-refractivity contribution in [2.45, 2.75) is 19.3 Å². The first-order valence-corrected chi connectivity index (χ1v) is 6.71. The molecule has 1 aromatic rings. The fraction of sp³-hybridized carbons (Fsp3) is 0.500. The van der Waals surface area contributed by atoms with Crippen molar-refractivity contribution >= 4 is 11.6 Å². The highest BCUT2D eigenvalue weighted by Gasteiger charge is 2.18. The average Bonchev–Trinajstić information content (AvgIpc) is 2.87. The molecule has 0 atom stereocenters. The molecular weight excluding hydrogens is 244 g/mol. The van der Waals surface area contributed by atoms with Crippen LogP contribution in [-0.4, -0.2) is 25.8 Å². The molecule has 102 valence electrons. The van der Waals surface area contributed by atoms with Crippen molar-refractivity contribution < 1.29 is 14.3 Å². The van der Waals surface area contributed by atoms with Gasteiger partial charge < -0.3 is 20.1 Å². The number of amides is 1. The molecule has 1 saturated heterocycles. The van der Waals surface area contributed by atoms with E-state index >= 15 is 0 Å². The standard InChI is InChI=1S/C14H18N2O3/c17-14(7-10-3-5-15-6-4-10)16-11-1-2-12-13(8-11)19-9-18-12/h1-2,8,10,15H,3-7,9H2,(H,16,17). The summed E-state index contributed by atoms with van der Waals surface area (Å²) in [5.74, 6) is 2.00. The van der Waals surface area contributed by atoms with Gasteiger partial charge in [-0.25, -0.2) is 0 Å². The average molecular weight is 262 g/mol. The van der Waals surface area contributed by atoms with Crippen molar-refractivity contribution in [3.8, 4) is 11.5 Å². The molecule has 2 N–H and O–H groups in total.